The maximum atomic E-state index is 12.7. The fourth-order valence-electron chi connectivity index (χ4n) is 1.96. The van der Waals surface area contributed by atoms with Crippen LogP contribution in [0.2, 0.25) is 0 Å². The standard InChI is InChI=1S/C15H18N2O4S/c1-9-8-22-15(16-9)17(2)14(18)10-6-12(20-4)13(21-5)7-11(10)19-3/h6-8H,1-5H3. The summed E-state index contributed by atoms with van der Waals surface area (Å²) in [5, 5.41) is 2.52. The molecule has 22 heavy (non-hydrogen) atoms. The molecule has 0 spiro atoms. The first-order valence-electron chi connectivity index (χ1n) is 6.52. The van der Waals surface area contributed by atoms with Gasteiger partial charge in [0.25, 0.3) is 5.91 Å². The molecule has 6 nitrogen and oxygen atoms in total. The van der Waals surface area contributed by atoms with Crippen molar-refractivity contribution in [3.05, 3.63) is 28.8 Å². The van der Waals surface area contributed by atoms with Crippen molar-refractivity contribution >= 4 is 22.4 Å². The normalized spacial score (nSPS) is 10.2. The van der Waals surface area contributed by atoms with Crippen molar-refractivity contribution in [2.45, 2.75) is 6.92 Å². The molecule has 1 aromatic carbocycles. The molecule has 2 rings (SSSR count). The number of methoxy groups -OCH3 is 3. The monoisotopic (exact) mass is 322 g/mol. The van der Waals surface area contributed by atoms with Gasteiger partial charge in [0.2, 0.25) is 0 Å². The summed E-state index contributed by atoms with van der Waals surface area (Å²) in [6.07, 6.45) is 0. The number of rotatable bonds is 5. The zero-order chi connectivity index (χ0) is 16.3. The maximum absolute atomic E-state index is 12.7. The highest BCUT2D eigenvalue weighted by Crippen LogP contribution is 2.35. The van der Waals surface area contributed by atoms with Crippen LogP contribution in [0.3, 0.4) is 0 Å². The average Bonchev–Trinajstić information content (AvgIpc) is 2.98. The lowest BCUT2D eigenvalue weighted by atomic mass is 10.1. The van der Waals surface area contributed by atoms with Gasteiger partial charge in [0.15, 0.2) is 16.6 Å². The number of carbonyl (C=O) groups excluding carboxylic acids is 1. The van der Waals surface area contributed by atoms with E-state index in [1.54, 1.807) is 19.2 Å². The van der Waals surface area contributed by atoms with E-state index in [0.717, 1.165) is 5.69 Å². The molecule has 1 heterocycles. The number of amides is 1. The number of thiazole rings is 1. The van der Waals surface area contributed by atoms with Crippen molar-refractivity contribution in [1.82, 2.24) is 4.98 Å². The van der Waals surface area contributed by atoms with Crippen molar-refractivity contribution in [2.24, 2.45) is 0 Å². The molecule has 1 aromatic heterocycles. The van der Waals surface area contributed by atoms with Gasteiger partial charge in [-0.2, -0.15) is 0 Å². The predicted molar refractivity (Wildman–Crippen MR) is 85.7 cm³/mol. The molecular weight excluding hydrogens is 304 g/mol. The van der Waals surface area contributed by atoms with Gasteiger partial charge in [0, 0.05) is 24.6 Å². The van der Waals surface area contributed by atoms with Crippen molar-refractivity contribution in [2.75, 3.05) is 33.3 Å². The van der Waals surface area contributed by atoms with Crippen LogP contribution >= 0.6 is 11.3 Å². The van der Waals surface area contributed by atoms with Crippen LogP contribution in [0.15, 0.2) is 17.5 Å². The first-order chi connectivity index (χ1) is 10.5. The van der Waals surface area contributed by atoms with Gasteiger partial charge in [-0.3, -0.25) is 9.69 Å². The number of aromatic nitrogens is 1. The van der Waals surface area contributed by atoms with Gasteiger partial charge in [0.1, 0.15) is 5.75 Å². The van der Waals surface area contributed by atoms with Gasteiger partial charge in [0.05, 0.1) is 32.6 Å². The zero-order valence-corrected chi connectivity index (χ0v) is 14.0. The highest BCUT2D eigenvalue weighted by Gasteiger charge is 2.22. The summed E-state index contributed by atoms with van der Waals surface area (Å²) in [4.78, 5) is 18.5. The molecule has 0 bridgehead atoms. The van der Waals surface area contributed by atoms with Gasteiger partial charge in [-0.05, 0) is 6.92 Å². The van der Waals surface area contributed by atoms with Crippen LogP contribution in [0.1, 0.15) is 16.1 Å². The van der Waals surface area contributed by atoms with E-state index < -0.39 is 0 Å². The first-order valence-corrected chi connectivity index (χ1v) is 7.40. The molecule has 0 saturated carbocycles. The summed E-state index contributed by atoms with van der Waals surface area (Å²) in [6.45, 7) is 1.88. The fraction of sp³-hybridized carbons (Fsp3) is 0.333. The van der Waals surface area contributed by atoms with Crippen molar-refractivity contribution < 1.29 is 19.0 Å². The van der Waals surface area contributed by atoms with Crippen LogP contribution in [0.4, 0.5) is 5.13 Å². The van der Waals surface area contributed by atoms with Crippen molar-refractivity contribution in [3.8, 4) is 17.2 Å². The van der Waals surface area contributed by atoms with E-state index in [-0.39, 0.29) is 5.91 Å². The Balaban J connectivity index is 2.43. The van der Waals surface area contributed by atoms with Gasteiger partial charge in [-0.1, -0.05) is 0 Å². The highest BCUT2D eigenvalue weighted by molar-refractivity contribution is 7.14. The van der Waals surface area contributed by atoms with Gasteiger partial charge < -0.3 is 14.2 Å². The van der Waals surface area contributed by atoms with Crippen LogP contribution in [-0.2, 0) is 0 Å². The Morgan fingerprint density at radius 3 is 2.18 bits per heavy atom. The fourth-order valence-corrected chi connectivity index (χ4v) is 2.73. The van der Waals surface area contributed by atoms with E-state index in [1.165, 1.54) is 37.6 Å². The Morgan fingerprint density at radius 2 is 1.68 bits per heavy atom. The third kappa shape index (κ3) is 2.99. The lowest BCUT2D eigenvalue weighted by Gasteiger charge is -2.18. The van der Waals surface area contributed by atoms with Crippen LogP contribution < -0.4 is 19.1 Å². The van der Waals surface area contributed by atoms with Crippen LogP contribution in [0.25, 0.3) is 0 Å². The molecule has 0 aliphatic heterocycles. The third-order valence-electron chi connectivity index (χ3n) is 3.13. The zero-order valence-electron chi connectivity index (χ0n) is 13.2. The van der Waals surface area contributed by atoms with Crippen molar-refractivity contribution in [3.63, 3.8) is 0 Å². The summed E-state index contributed by atoms with van der Waals surface area (Å²) in [6, 6.07) is 3.24. The minimum atomic E-state index is -0.229. The summed E-state index contributed by atoms with van der Waals surface area (Å²) in [5.41, 5.74) is 1.26. The molecular formula is C15H18N2O4S. The van der Waals surface area contributed by atoms with Crippen molar-refractivity contribution in [1.29, 1.82) is 0 Å². The minimum absolute atomic E-state index is 0.229. The lowest BCUT2D eigenvalue weighted by molar-refractivity contribution is 0.0989. The van der Waals surface area contributed by atoms with Gasteiger partial charge >= 0.3 is 0 Å². The molecule has 0 aliphatic carbocycles. The summed E-state index contributed by atoms with van der Waals surface area (Å²) < 4.78 is 15.8. The largest absolute Gasteiger partial charge is 0.496 e. The number of ether oxygens (including phenoxy) is 3. The summed E-state index contributed by atoms with van der Waals surface area (Å²) in [7, 11) is 6.23. The number of hydrogen-bond donors (Lipinski definition) is 0. The molecule has 118 valence electrons. The molecule has 7 heteroatoms. The third-order valence-corrected chi connectivity index (χ3v) is 4.17. The molecule has 0 N–H and O–H groups in total. The van der Waals surface area contributed by atoms with E-state index >= 15 is 0 Å². The smallest absolute Gasteiger partial charge is 0.263 e. The maximum Gasteiger partial charge on any atom is 0.263 e. The Hall–Kier alpha value is -2.28. The Labute approximate surface area is 133 Å². The van der Waals surface area contributed by atoms with E-state index in [1.807, 2.05) is 12.3 Å². The average molecular weight is 322 g/mol. The quantitative estimate of drug-likeness (QED) is 0.847. The number of aryl methyl sites for hydroxylation is 1. The second-order valence-electron chi connectivity index (χ2n) is 4.54. The Bertz CT molecular complexity index is 684. The number of hydrogen-bond acceptors (Lipinski definition) is 6. The second kappa shape index (κ2) is 6.65. The van der Waals surface area contributed by atoms with E-state index in [4.69, 9.17) is 14.2 Å². The first kappa shape index (κ1) is 16.1. The van der Waals surface area contributed by atoms with Crippen LogP contribution in [-0.4, -0.2) is 39.3 Å². The molecule has 1 amide bonds. The van der Waals surface area contributed by atoms with E-state index in [9.17, 15) is 4.79 Å². The number of carbonyl (C=O) groups is 1. The van der Waals surface area contributed by atoms with Crippen LogP contribution in [0.5, 0.6) is 17.2 Å². The number of nitrogens with zero attached hydrogens (tertiary/aromatic N) is 2. The summed E-state index contributed by atoms with van der Waals surface area (Å²) >= 11 is 1.41. The summed E-state index contributed by atoms with van der Waals surface area (Å²) in [5.74, 6) is 1.16. The van der Waals surface area contributed by atoms with E-state index in [0.29, 0.717) is 27.9 Å². The number of anilines is 1. The SMILES string of the molecule is COc1cc(OC)c(C(=O)N(C)c2nc(C)cs2)cc1OC. The van der Waals surface area contributed by atoms with Gasteiger partial charge in [-0.15, -0.1) is 11.3 Å². The topological polar surface area (TPSA) is 60.9 Å². The predicted octanol–water partition coefficient (Wildman–Crippen LogP) is 2.75. The highest BCUT2D eigenvalue weighted by atomic mass is 32.1. The lowest BCUT2D eigenvalue weighted by Crippen LogP contribution is -2.26. The molecule has 0 radical (unpaired) electrons. The minimum Gasteiger partial charge on any atom is -0.496 e. The van der Waals surface area contributed by atoms with E-state index in [2.05, 4.69) is 4.98 Å². The molecule has 0 fully saturated rings. The molecule has 0 saturated heterocycles. The molecule has 0 unspecified atom stereocenters. The van der Waals surface area contributed by atoms with Crippen LogP contribution in [0, 0.1) is 6.92 Å². The second-order valence-corrected chi connectivity index (χ2v) is 5.38. The van der Waals surface area contributed by atoms with Gasteiger partial charge in [-0.25, -0.2) is 4.98 Å². The molecule has 0 aliphatic rings. The molecule has 0 atom stereocenters. The molecule has 2 aromatic rings. The Morgan fingerprint density at radius 1 is 1.09 bits per heavy atom. The Kier molecular flexibility index (Phi) is 4.87. The number of benzene rings is 1.